The van der Waals surface area contributed by atoms with Gasteiger partial charge in [-0.1, -0.05) is 6.07 Å². The van der Waals surface area contributed by atoms with Crippen molar-refractivity contribution >= 4 is 22.7 Å². The van der Waals surface area contributed by atoms with E-state index in [1.807, 2.05) is 18.2 Å². The number of nitrogens with one attached hydrogen (secondary N) is 2. The fourth-order valence-electron chi connectivity index (χ4n) is 2.88. The van der Waals surface area contributed by atoms with Crippen LogP contribution >= 0.6 is 0 Å². The molecule has 150 valence electrons. The zero-order chi connectivity index (χ0) is 21.0. The van der Waals surface area contributed by atoms with Crippen LogP contribution in [0.4, 0.5) is 4.39 Å². The van der Waals surface area contributed by atoms with Gasteiger partial charge < -0.3 is 15.4 Å². The number of ether oxygens (including phenoxy) is 1. The maximum Gasteiger partial charge on any atom is 0.253 e. The quantitative estimate of drug-likeness (QED) is 0.629. The Kier molecular flexibility index (Phi) is 6.07. The number of aromatic nitrogens is 1. The van der Waals surface area contributed by atoms with Crippen molar-refractivity contribution in [3.05, 3.63) is 70.7 Å². The van der Waals surface area contributed by atoms with Gasteiger partial charge in [0, 0.05) is 30.1 Å². The third kappa shape index (κ3) is 4.68. The molecule has 6 nitrogen and oxygen atoms in total. The Morgan fingerprint density at radius 1 is 1.00 bits per heavy atom. The van der Waals surface area contributed by atoms with Gasteiger partial charge in [-0.2, -0.15) is 0 Å². The molecule has 3 aromatic rings. The number of fused-ring (bicyclic) bond motifs is 1. The van der Waals surface area contributed by atoms with Crippen LogP contribution in [-0.2, 0) is 0 Å². The maximum absolute atomic E-state index is 13.6. The number of methoxy groups -OCH3 is 1. The number of nitrogens with zero attached hydrogens (tertiary/aromatic N) is 1. The minimum absolute atomic E-state index is 0.220. The van der Waals surface area contributed by atoms with Gasteiger partial charge in [-0.3, -0.25) is 14.6 Å². The largest absolute Gasteiger partial charge is 0.497 e. The highest BCUT2D eigenvalue weighted by molar-refractivity contribution is 5.99. The molecule has 0 radical (unpaired) electrons. The molecule has 0 unspecified atom stereocenters. The summed E-state index contributed by atoms with van der Waals surface area (Å²) in [6.07, 6.45) is 0. The smallest absolute Gasteiger partial charge is 0.253 e. The van der Waals surface area contributed by atoms with E-state index in [9.17, 15) is 14.0 Å². The molecule has 0 saturated carbocycles. The molecule has 3 rings (SSSR count). The number of benzene rings is 2. The first-order chi connectivity index (χ1) is 13.9. The molecule has 0 aliphatic heterocycles. The molecule has 29 heavy (non-hydrogen) atoms. The number of halogens is 1. The molecule has 0 fully saturated rings. The lowest BCUT2D eigenvalue weighted by Crippen LogP contribution is -2.35. The normalized spacial score (nSPS) is 10.6. The molecule has 0 aliphatic rings. The van der Waals surface area contributed by atoms with Crippen LogP contribution in [-0.4, -0.2) is 37.0 Å². The van der Waals surface area contributed by atoms with Gasteiger partial charge in [-0.05, 0) is 49.7 Å². The van der Waals surface area contributed by atoms with E-state index in [1.165, 1.54) is 6.07 Å². The summed E-state index contributed by atoms with van der Waals surface area (Å²) in [5.41, 5.74) is 2.53. The van der Waals surface area contributed by atoms with Crippen LogP contribution in [0.1, 0.15) is 32.0 Å². The van der Waals surface area contributed by atoms with E-state index < -0.39 is 11.7 Å². The van der Waals surface area contributed by atoms with Crippen molar-refractivity contribution in [2.75, 3.05) is 20.2 Å². The first-order valence-corrected chi connectivity index (χ1v) is 9.17. The second kappa shape index (κ2) is 8.68. The lowest BCUT2D eigenvalue weighted by molar-refractivity contribution is 0.0927. The van der Waals surface area contributed by atoms with Crippen molar-refractivity contribution in [2.24, 2.45) is 0 Å². The summed E-state index contributed by atoms with van der Waals surface area (Å²) in [7, 11) is 1.59. The van der Waals surface area contributed by atoms with E-state index in [0.717, 1.165) is 10.9 Å². The number of rotatable bonds is 6. The topological polar surface area (TPSA) is 80.3 Å². The van der Waals surface area contributed by atoms with E-state index in [4.69, 9.17) is 4.74 Å². The van der Waals surface area contributed by atoms with Gasteiger partial charge in [0.1, 0.15) is 11.6 Å². The van der Waals surface area contributed by atoms with Crippen LogP contribution in [0, 0.1) is 19.7 Å². The van der Waals surface area contributed by atoms with Gasteiger partial charge >= 0.3 is 0 Å². The highest BCUT2D eigenvalue weighted by atomic mass is 19.1. The summed E-state index contributed by atoms with van der Waals surface area (Å²) in [6.45, 7) is 3.85. The molecular formula is C22H22FN3O3. The Morgan fingerprint density at radius 3 is 2.41 bits per heavy atom. The summed E-state index contributed by atoms with van der Waals surface area (Å²) < 4.78 is 18.8. The van der Waals surface area contributed by atoms with Crippen molar-refractivity contribution in [2.45, 2.75) is 13.8 Å². The van der Waals surface area contributed by atoms with E-state index >= 15 is 0 Å². The third-order valence-corrected chi connectivity index (χ3v) is 4.59. The number of hydrogen-bond donors (Lipinski definition) is 2. The fraction of sp³-hybridized carbons (Fsp3) is 0.227. The standard InChI is InChI=1S/C22H22FN3O3/c1-13-4-5-16(11-19(13)23)21(27)24-8-9-25-22(28)18-10-15-6-7-17(29-3)12-20(15)26-14(18)2/h4-7,10-12H,8-9H2,1-3H3,(H,24,27)(H,25,28). The van der Waals surface area contributed by atoms with Crippen LogP contribution in [0.3, 0.4) is 0 Å². The van der Waals surface area contributed by atoms with E-state index in [1.54, 1.807) is 39.2 Å². The fourth-order valence-corrected chi connectivity index (χ4v) is 2.88. The minimum Gasteiger partial charge on any atom is -0.497 e. The molecule has 1 aromatic heterocycles. The van der Waals surface area contributed by atoms with Gasteiger partial charge in [-0.15, -0.1) is 0 Å². The van der Waals surface area contributed by atoms with E-state index in [-0.39, 0.29) is 24.6 Å². The van der Waals surface area contributed by atoms with Crippen LogP contribution < -0.4 is 15.4 Å². The summed E-state index contributed by atoms with van der Waals surface area (Å²) in [4.78, 5) is 29.0. The summed E-state index contributed by atoms with van der Waals surface area (Å²) in [5.74, 6) is -0.396. The summed E-state index contributed by atoms with van der Waals surface area (Å²) in [6, 6.07) is 11.6. The van der Waals surface area contributed by atoms with Crippen molar-refractivity contribution in [1.29, 1.82) is 0 Å². The van der Waals surface area contributed by atoms with Gasteiger partial charge in [-0.25, -0.2) is 4.39 Å². The first kappa shape index (κ1) is 20.3. The Hall–Kier alpha value is -3.48. The summed E-state index contributed by atoms with van der Waals surface area (Å²) in [5, 5.41) is 6.25. The second-order valence-electron chi connectivity index (χ2n) is 6.66. The molecule has 7 heteroatoms. The highest BCUT2D eigenvalue weighted by Crippen LogP contribution is 2.21. The summed E-state index contributed by atoms with van der Waals surface area (Å²) >= 11 is 0. The van der Waals surface area contributed by atoms with Crippen LogP contribution in [0.2, 0.25) is 0 Å². The van der Waals surface area contributed by atoms with Crippen molar-refractivity contribution in [3.8, 4) is 5.75 Å². The predicted octanol–water partition coefficient (Wildman–Crippen LogP) is 3.16. The van der Waals surface area contributed by atoms with Crippen LogP contribution in [0.15, 0.2) is 42.5 Å². The lowest BCUT2D eigenvalue weighted by Gasteiger charge is -2.10. The molecule has 0 bridgehead atoms. The lowest BCUT2D eigenvalue weighted by atomic mass is 10.1. The molecule has 1 heterocycles. The second-order valence-corrected chi connectivity index (χ2v) is 6.66. The van der Waals surface area contributed by atoms with Gasteiger partial charge in [0.2, 0.25) is 0 Å². The van der Waals surface area contributed by atoms with Gasteiger partial charge in [0.15, 0.2) is 0 Å². The van der Waals surface area contributed by atoms with Crippen molar-refractivity contribution in [1.82, 2.24) is 15.6 Å². The van der Waals surface area contributed by atoms with Gasteiger partial charge in [0.25, 0.3) is 11.8 Å². The maximum atomic E-state index is 13.6. The zero-order valence-electron chi connectivity index (χ0n) is 16.5. The van der Waals surface area contributed by atoms with Crippen LogP contribution in [0.25, 0.3) is 10.9 Å². The number of amides is 2. The van der Waals surface area contributed by atoms with E-state index in [0.29, 0.717) is 22.6 Å². The Bertz CT molecular complexity index is 1080. The third-order valence-electron chi connectivity index (χ3n) is 4.59. The van der Waals surface area contributed by atoms with Crippen molar-refractivity contribution in [3.63, 3.8) is 0 Å². The number of carbonyl (C=O) groups excluding carboxylic acids is 2. The molecular weight excluding hydrogens is 373 g/mol. The number of aryl methyl sites for hydroxylation is 2. The molecule has 0 atom stereocenters. The molecule has 2 amide bonds. The average molecular weight is 395 g/mol. The Morgan fingerprint density at radius 2 is 1.72 bits per heavy atom. The van der Waals surface area contributed by atoms with E-state index in [2.05, 4.69) is 15.6 Å². The molecule has 2 aromatic carbocycles. The SMILES string of the molecule is COc1ccc2cc(C(=O)NCCNC(=O)c3ccc(C)c(F)c3)c(C)nc2c1. The molecule has 0 spiro atoms. The number of pyridine rings is 1. The van der Waals surface area contributed by atoms with Gasteiger partial charge in [0.05, 0.1) is 23.9 Å². The zero-order valence-corrected chi connectivity index (χ0v) is 16.5. The Labute approximate surface area is 168 Å². The minimum atomic E-state index is -0.428. The predicted molar refractivity (Wildman–Crippen MR) is 109 cm³/mol. The highest BCUT2D eigenvalue weighted by Gasteiger charge is 2.12. The monoisotopic (exact) mass is 395 g/mol. The number of carbonyl (C=O) groups is 2. The number of hydrogen-bond acceptors (Lipinski definition) is 4. The first-order valence-electron chi connectivity index (χ1n) is 9.17. The average Bonchev–Trinajstić information content (AvgIpc) is 2.71. The Balaban J connectivity index is 1.58. The molecule has 0 aliphatic carbocycles. The molecule has 2 N–H and O–H groups in total. The van der Waals surface area contributed by atoms with Crippen molar-refractivity contribution < 1.29 is 18.7 Å². The van der Waals surface area contributed by atoms with Crippen LogP contribution in [0.5, 0.6) is 5.75 Å². The molecule has 0 saturated heterocycles.